The molecule has 0 unspecified atom stereocenters. The van der Waals surface area contributed by atoms with Crippen molar-refractivity contribution in [2.75, 3.05) is 19.6 Å². The number of fused-ring (bicyclic) bond motifs is 1. The Morgan fingerprint density at radius 3 is 2.40 bits per heavy atom. The van der Waals surface area contributed by atoms with Crippen LogP contribution in [0.2, 0.25) is 0 Å². The zero-order valence-electron chi connectivity index (χ0n) is 17.2. The van der Waals surface area contributed by atoms with E-state index in [-0.39, 0.29) is 52.0 Å². The molecule has 3 N–H and O–H groups in total. The van der Waals surface area contributed by atoms with Gasteiger partial charge in [0.25, 0.3) is 0 Å². The summed E-state index contributed by atoms with van der Waals surface area (Å²) in [5.74, 6) is 0.676. The number of nitrogens with zero attached hydrogens (tertiary/aromatic N) is 1. The number of phenolic OH excluding ortho intramolecular Hbond substituents is 1. The van der Waals surface area contributed by atoms with Gasteiger partial charge >= 0.3 is 0 Å². The lowest BCUT2D eigenvalue weighted by Crippen LogP contribution is -2.41. The molecule has 0 radical (unpaired) electrons. The fourth-order valence-corrected chi connectivity index (χ4v) is 4.61. The van der Waals surface area contributed by atoms with E-state index in [1.165, 1.54) is 12.1 Å². The van der Waals surface area contributed by atoms with Crippen molar-refractivity contribution in [1.82, 2.24) is 4.90 Å². The third kappa shape index (κ3) is 5.43. The van der Waals surface area contributed by atoms with E-state index in [0.29, 0.717) is 18.2 Å². The van der Waals surface area contributed by atoms with Gasteiger partial charge in [-0.25, -0.2) is 4.39 Å². The van der Waals surface area contributed by atoms with Crippen molar-refractivity contribution < 1.29 is 14.2 Å². The van der Waals surface area contributed by atoms with Gasteiger partial charge in [-0.15, -0.1) is 34.0 Å². The predicted octanol–water partition coefficient (Wildman–Crippen LogP) is 4.85. The van der Waals surface area contributed by atoms with Crippen molar-refractivity contribution in [2.45, 2.75) is 44.9 Å². The van der Waals surface area contributed by atoms with Crippen LogP contribution in [0.3, 0.4) is 0 Å². The summed E-state index contributed by atoms with van der Waals surface area (Å²) in [6.45, 7) is 5.22. The third-order valence-electron chi connectivity index (χ3n) is 6.30. The predicted molar refractivity (Wildman–Crippen MR) is 128 cm³/mol. The average Bonchev–Trinajstić information content (AvgIpc) is 2.72. The second kappa shape index (κ2) is 11.0. The molecule has 0 saturated carbocycles. The molecule has 7 heteroatoms. The quantitative estimate of drug-likeness (QED) is 0.576. The van der Waals surface area contributed by atoms with Gasteiger partial charge in [-0.2, -0.15) is 0 Å². The van der Waals surface area contributed by atoms with E-state index in [1.54, 1.807) is 0 Å². The molecule has 4 rings (SSSR count). The van der Waals surface area contributed by atoms with Crippen LogP contribution in [-0.4, -0.2) is 35.7 Å². The maximum absolute atomic E-state index is 13.1. The molecule has 0 spiro atoms. The fourth-order valence-electron chi connectivity index (χ4n) is 4.61. The Hall–Kier alpha value is -0.990. The number of halogens is 3. The molecule has 2 aliphatic heterocycles. The molecular formula is C23H31Br2FN2O2. The van der Waals surface area contributed by atoms with Crippen LogP contribution in [0.5, 0.6) is 5.75 Å². The van der Waals surface area contributed by atoms with Crippen molar-refractivity contribution in [3.05, 3.63) is 64.5 Å². The first kappa shape index (κ1) is 25.3. The molecule has 0 aromatic heterocycles. The normalized spacial score (nSPS) is 22.0. The number of hydrogen-bond donors (Lipinski definition) is 2. The van der Waals surface area contributed by atoms with Crippen LogP contribution < -0.4 is 5.73 Å². The summed E-state index contributed by atoms with van der Waals surface area (Å²) < 4.78 is 19.5. The topological polar surface area (TPSA) is 58.7 Å². The van der Waals surface area contributed by atoms with E-state index in [9.17, 15) is 9.50 Å². The van der Waals surface area contributed by atoms with Gasteiger partial charge in [0.1, 0.15) is 11.6 Å². The lowest BCUT2D eigenvalue weighted by atomic mass is 9.83. The number of nitrogens with two attached hydrogens (primary N) is 1. The summed E-state index contributed by atoms with van der Waals surface area (Å²) in [5.41, 5.74) is 10.1. The first-order valence-corrected chi connectivity index (χ1v) is 10.2. The summed E-state index contributed by atoms with van der Waals surface area (Å²) in [4.78, 5) is 2.42. The summed E-state index contributed by atoms with van der Waals surface area (Å²) in [6, 6.07) is 10.8. The van der Waals surface area contributed by atoms with Crippen LogP contribution in [0.4, 0.5) is 4.39 Å². The highest BCUT2D eigenvalue weighted by atomic mass is 79.9. The highest BCUT2D eigenvalue weighted by Gasteiger charge is 2.35. The van der Waals surface area contributed by atoms with Crippen LogP contribution in [0.15, 0.2) is 36.4 Å². The molecule has 0 amide bonds. The molecule has 0 bridgehead atoms. The highest BCUT2D eigenvalue weighted by Crippen LogP contribution is 2.40. The minimum atomic E-state index is -0.190. The van der Waals surface area contributed by atoms with Crippen LogP contribution in [-0.2, 0) is 17.7 Å². The van der Waals surface area contributed by atoms with Crippen molar-refractivity contribution in [1.29, 1.82) is 0 Å². The Kier molecular flexibility index (Phi) is 9.31. The van der Waals surface area contributed by atoms with E-state index in [1.807, 2.05) is 31.2 Å². The molecule has 0 aliphatic carbocycles. The number of piperidine rings is 1. The van der Waals surface area contributed by atoms with Gasteiger partial charge in [0.05, 0.1) is 12.2 Å². The third-order valence-corrected chi connectivity index (χ3v) is 6.30. The van der Waals surface area contributed by atoms with Crippen molar-refractivity contribution >= 4 is 34.0 Å². The van der Waals surface area contributed by atoms with Gasteiger partial charge in [0.15, 0.2) is 0 Å². The average molecular weight is 546 g/mol. The second-order valence-corrected chi connectivity index (χ2v) is 8.14. The lowest BCUT2D eigenvalue weighted by Gasteiger charge is -2.40. The number of likely N-dealkylation sites (tertiary alicyclic amines) is 1. The zero-order chi connectivity index (χ0) is 19.7. The Morgan fingerprint density at radius 1 is 1.10 bits per heavy atom. The molecule has 30 heavy (non-hydrogen) atoms. The first-order chi connectivity index (χ1) is 13.5. The maximum atomic E-state index is 13.1. The Bertz CT molecular complexity index is 827. The van der Waals surface area contributed by atoms with E-state index in [2.05, 4.69) is 4.90 Å². The largest absolute Gasteiger partial charge is 0.507 e. The maximum Gasteiger partial charge on any atom is 0.123 e. The molecule has 2 aliphatic rings. The number of aryl methyl sites for hydroxylation is 1. The second-order valence-electron chi connectivity index (χ2n) is 8.14. The van der Waals surface area contributed by atoms with E-state index in [0.717, 1.165) is 61.2 Å². The molecule has 1 fully saturated rings. The molecular weight excluding hydrogens is 515 g/mol. The highest BCUT2D eigenvalue weighted by molar-refractivity contribution is 8.93. The minimum Gasteiger partial charge on any atom is -0.507 e. The van der Waals surface area contributed by atoms with Gasteiger partial charge in [-0.3, -0.25) is 4.90 Å². The number of rotatable bonds is 4. The van der Waals surface area contributed by atoms with Crippen molar-refractivity contribution in [3.8, 4) is 5.75 Å². The summed E-state index contributed by atoms with van der Waals surface area (Å²) >= 11 is 0. The minimum absolute atomic E-state index is 0. The van der Waals surface area contributed by atoms with Gasteiger partial charge < -0.3 is 15.6 Å². The molecule has 2 atom stereocenters. The number of aromatic hydroxyl groups is 1. The number of hydrogen-bond acceptors (Lipinski definition) is 4. The van der Waals surface area contributed by atoms with E-state index >= 15 is 0 Å². The Balaban J connectivity index is 0.00000160. The Labute approximate surface area is 199 Å². The van der Waals surface area contributed by atoms with E-state index < -0.39 is 0 Å². The number of benzene rings is 2. The van der Waals surface area contributed by atoms with Gasteiger partial charge in [-0.1, -0.05) is 24.3 Å². The molecule has 1 saturated heterocycles. The molecule has 4 nitrogen and oxygen atoms in total. The van der Waals surface area contributed by atoms with Gasteiger partial charge in [0, 0.05) is 25.1 Å². The molecule has 2 aromatic rings. The smallest absolute Gasteiger partial charge is 0.123 e. The van der Waals surface area contributed by atoms with Crippen LogP contribution in [0, 0.1) is 18.7 Å². The van der Waals surface area contributed by atoms with Gasteiger partial charge in [0.2, 0.25) is 0 Å². The van der Waals surface area contributed by atoms with Crippen LogP contribution >= 0.6 is 34.0 Å². The first-order valence-electron chi connectivity index (χ1n) is 10.2. The van der Waals surface area contributed by atoms with Crippen LogP contribution in [0.1, 0.15) is 41.2 Å². The SMILES string of the molecule is Br.Br.Cc1ccc2c(c1O)C[C@@H](C1CCN(Cc3ccc(F)cc3)CC1)O[C@H]2CN. The lowest BCUT2D eigenvalue weighted by molar-refractivity contribution is -0.0651. The standard InChI is InChI=1S/C23H29FN2O2.2BrH/c1-15-2-7-19-20(23(15)27)12-21(28-22(19)13-25)17-8-10-26(11-9-17)14-16-3-5-18(24)6-4-16;;/h2-7,17,21-22,27H,8-14,25H2,1H3;2*1H/t21-,22-;;/m0../s1. The summed E-state index contributed by atoms with van der Waals surface area (Å²) in [6.07, 6.45) is 2.83. The number of ether oxygens (including phenoxy) is 1. The van der Waals surface area contributed by atoms with E-state index in [4.69, 9.17) is 10.5 Å². The van der Waals surface area contributed by atoms with Gasteiger partial charge in [-0.05, 0) is 67.6 Å². The molecule has 2 heterocycles. The Morgan fingerprint density at radius 2 is 1.77 bits per heavy atom. The monoisotopic (exact) mass is 544 g/mol. The zero-order valence-corrected chi connectivity index (χ0v) is 20.6. The number of phenols is 1. The summed E-state index contributed by atoms with van der Waals surface area (Å²) in [7, 11) is 0. The van der Waals surface area contributed by atoms with Crippen molar-refractivity contribution in [3.63, 3.8) is 0 Å². The molecule has 166 valence electrons. The van der Waals surface area contributed by atoms with Crippen molar-refractivity contribution in [2.24, 2.45) is 11.7 Å². The fraction of sp³-hybridized carbons (Fsp3) is 0.478. The molecule has 2 aromatic carbocycles. The van der Waals surface area contributed by atoms with Crippen LogP contribution in [0.25, 0.3) is 0 Å². The summed E-state index contributed by atoms with van der Waals surface area (Å²) in [5, 5.41) is 10.6.